The van der Waals surface area contributed by atoms with Crippen LogP contribution in [0.25, 0.3) is 10.9 Å². The Morgan fingerprint density at radius 2 is 1.96 bits per heavy atom. The summed E-state index contributed by atoms with van der Waals surface area (Å²) in [7, 11) is 1.69. The molecule has 2 heterocycles. The Bertz CT molecular complexity index is 890. The molecule has 0 saturated carbocycles. The molecular formula is C17H15N3O4. The van der Waals surface area contributed by atoms with Crippen molar-refractivity contribution in [2.24, 2.45) is 7.05 Å². The van der Waals surface area contributed by atoms with Gasteiger partial charge >= 0.3 is 5.97 Å². The molecule has 0 saturated heterocycles. The van der Waals surface area contributed by atoms with Crippen LogP contribution in [0.3, 0.4) is 0 Å². The Morgan fingerprint density at radius 3 is 2.67 bits per heavy atom. The number of para-hydroxylation sites is 1. The number of esters is 1. The standard InChI is InChI=1S/C17H15N3O4/c1-20-8-4-7-14(20)16(22)19-15(21)10-24-17(23)13-9-11-5-2-3-6-12(11)18-13/h2-9,18H,10H2,1H3,(H,19,21,22). The second-order valence-corrected chi connectivity index (χ2v) is 5.23. The number of carbonyl (C=O) groups excluding carboxylic acids is 3. The van der Waals surface area contributed by atoms with Gasteiger partial charge in [-0.3, -0.25) is 14.9 Å². The number of nitrogens with one attached hydrogen (secondary N) is 2. The molecule has 3 rings (SSSR count). The average molecular weight is 325 g/mol. The van der Waals surface area contributed by atoms with Gasteiger partial charge in [-0.2, -0.15) is 0 Å². The smallest absolute Gasteiger partial charge is 0.355 e. The fourth-order valence-corrected chi connectivity index (χ4v) is 2.32. The van der Waals surface area contributed by atoms with Crippen LogP contribution in [0.2, 0.25) is 0 Å². The summed E-state index contributed by atoms with van der Waals surface area (Å²) in [5.41, 5.74) is 1.39. The van der Waals surface area contributed by atoms with Gasteiger partial charge in [0, 0.05) is 24.1 Å². The van der Waals surface area contributed by atoms with Crippen LogP contribution in [0.15, 0.2) is 48.7 Å². The molecule has 0 radical (unpaired) electrons. The predicted molar refractivity (Wildman–Crippen MR) is 86.5 cm³/mol. The van der Waals surface area contributed by atoms with Gasteiger partial charge < -0.3 is 14.3 Å². The summed E-state index contributed by atoms with van der Waals surface area (Å²) >= 11 is 0. The van der Waals surface area contributed by atoms with Gasteiger partial charge in [0.1, 0.15) is 11.4 Å². The minimum absolute atomic E-state index is 0.248. The number of ether oxygens (including phenoxy) is 1. The van der Waals surface area contributed by atoms with E-state index in [9.17, 15) is 14.4 Å². The molecule has 0 bridgehead atoms. The lowest BCUT2D eigenvalue weighted by Gasteiger charge is -2.05. The first-order valence-corrected chi connectivity index (χ1v) is 7.25. The number of benzene rings is 1. The van der Waals surface area contributed by atoms with Gasteiger partial charge in [0.2, 0.25) is 0 Å². The van der Waals surface area contributed by atoms with Crippen LogP contribution in [0, 0.1) is 0 Å². The van der Waals surface area contributed by atoms with Crippen molar-refractivity contribution in [1.29, 1.82) is 0 Å². The van der Waals surface area contributed by atoms with Crippen LogP contribution < -0.4 is 5.32 Å². The van der Waals surface area contributed by atoms with Crippen molar-refractivity contribution < 1.29 is 19.1 Å². The third-order valence-corrected chi connectivity index (χ3v) is 3.51. The second-order valence-electron chi connectivity index (χ2n) is 5.23. The highest BCUT2D eigenvalue weighted by atomic mass is 16.5. The number of imide groups is 1. The molecule has 0 atom stereocenters. The Morgan fingerprint density at radius 1 is 1.17 bits per heavy atom. The lowest BCUT2D eigenvalue weighted by atomic mass is 10.2. The molecule has 0 aliphatic carbocycles. The molecule has 0 aliphatic rings. The maximum atomic E-state index is 12.0. The van der Waals surface area contributed by atoms with Gasteiger partial charge in [-0.15, -0.1) is 0 Å². The number of aromatic nitrogens is 2. The van der Waals surface area contributed by atoms with Gasteiger partial charge in [0.05, 0.1) is 0 Å². The quantitative estimate of drug-likeness (QED) is 0.713. The van der Waals surface area contributed by atoms with E-state index in [2.05, 4.69) is 10.3 Å². The largest absolute Gasteiger partial charge is 0.451 e. The molecule has 0 aliphatic heterocycles. The van der Waals surface area contributed by atoms with E-state index in [1.165, 1.54) is 0 Å². The number of amides is 2. The third-order valence-electron chi connectivity index (χ3n) is 3.51. The summed E-state index contributed by atoms with van der Waals surface area (Å²) < 4.78 is 6.51. The third kappa shape index (κ3) is 3.19. The number of aromatic amines is 1. The summed E-state index contributed by atoms with van der Waals surface area (Å²) in [6, 6.07) is 12.3. The van der Waals surface area contributed by atoms with E-state index in [0.29, 0.717) is 5.69 Å². The summed E-state index contributed by atoms with van der Waals surface area (Å²) in [4.78, 5) is 38.5. The Labute approximate surface area is 137 Å². The van der Waals surface area contributed by atoms with E-state index in [1.807, 2.05) is 24.3 Å². The van der Waals surface area contributed by atoms with Gasteiger partial charge in [-0.1, -0.05) is 18.2 Å². The topological polar surface area (TPSA) is 93.2 Å². The number of carbonyl (C=O) groups is 3. The fourth-order valence-electron chi connectivity index (χ4n) is 2.32. The fraction of sp³-hybridized carbons (Fsp3) is 0.118. The number of hydrogen-bond donors (Lipinski definition) is 2. The highest BCUT2D eigenvalue weighted by molar-refractivity contribution is 6.04. The molecule has 2 amide bonds. The minimum Gasteiger partial charge on any atom is -0.451 e. The molecule has 24 heavy (non-hydrogen) atoms. The molecule has 7 nitrogen and oxygen atoms in total. The van der Waals surface area contributed by atoms with Crippen LogP contribution in [-0.2, 0) is 16.6 Å². The Balaban J connectivity index is 1.56. The van der Waals surface area contributed by atoms with E-state index in [0.717, 1.165) is 10.9 Å². The maximum Gasteiger partial charge on any atom is 0.355 e. The van der Waals surface area contributed by atoms with Crippen LogP contribution in [0.5, 0.6) is 0 Å². The first-order valence-electron chi connectivity index (χ1n) is 7.25. The number of H-pyrrole nitrogens is 1. The molecule has 2 aromatic heterocycles. The van der Waals surface area contributed by atoms with E-state index in [-0.39, 0.29) is 5.69 Å². The van der Waals surface area contributed by atoms with Crippen molar-refractivity contribution >= 4 is 28.7 Å². The van der Waals surface area contributed by atoms with Crippen molar-refractivity contribution in [2.75, 3.05) is 6.61 Å². The number of nitrogens with zero attached hydrogens (tertiary/aromatic N) is 1. The first-order chi connectivity index (χ1) is 11.5. The molecular weight excluding hydrogens is 310 g/mol. The zero-order chi connectivity index (χ0) is 17.1. The summed E-state index contributed by atoms with van der Waals surface area (Å²) in [5, 5.41) is 3.04. The minimum atomic E-state index is -0.689. The Hall–Kier alpha value is -3.35. The zero-order valence-electron chi connectivity index (χ0n) is 12.9. The SMILES string of the molecule is Cn1cccc1C(=O)NC(=O)COC(=O)c1cc2ccccc2[nH]1. The molecule has 1 aromatic carbocycles. The normalized spacial score (nSPS) is 10.5. The van der Waals surface area contributed by atoms with Crippen LogP contribution in [0.4, 0.5) is 0 Å². The highest BCUT2D eigenvalue weighted by Crippen LogP contribution is 2.15. The molecule has 122 valence electrons. The Kier molecular flexibility index (Phi) is 4.15. The molecule has 0 spiro atoms. The molecule has 7 heteroatoms. The van der Waals surface area contributed by atoms with Gasteiger partial charge in [-0.25, -0.2) is 4.79 Å². The predicted octanol–water partition coefficient (Wildman–Crippen LogP) is 1.62. The van der Waals surface area contributed by atoms with E-state index < -0.39 is 24.4 Å². The number of aryl methyl sites for hydroxylation is 1. The van der Waals surface area contributed by atoms with Crippen LogP contribution in [-0.4, -0.2) is 33.9 Å². The lowest BCUT2D eigenvalue weighted by molar-refractivity contribution is -0.123. The first kappa shape index (κ1) is 15.5. The molecule has 0 fully saturated rings. The number of hydrogen-bond acceptors (Lipinski definition) is 4. The van der Waals surface area contributed by atoms with E-state index in [4.69, 9.17) is 4.74 Å². The monoisotopic (exact) mass is 325 g/mol. The summed E-state index contributed by atoms with van der Waals surface area (Å²) in [6.07, 6.45) is 1.69. The van der Waals surface area contributed by atoms with Crippen molar-refractivity contribution in [3.05, 3.63) is 60.0 Å². The van der Waals surface area contributed by atoms with E-state index in [1.54, 1.807) is 36.0 Å². The number of rotatable bonds is 4. The van der Waals surface area contributed by atoms with Crippen molar-refractivity contribution in [2.45, 2.75) is 0 Å². The lowest BCUT2D eigenvalue weighted by Crippen LogP contribution is -2.35. The van der Waals surface area contributed by atoms with Crippen molar-refractivity contribution in [1.82, 2.24) is 14.9 Å². The second kappa shape index (κ2) is 6.41. The van der Waals surface area contributed by atoms with Crippen molar-refractivity contribution in [3.8, 4) is 0 Å². The molecule has 2 N–H and O–H groups in total. The zero-order valence-corrected chi connectivity index (χ0v) is 12.9. The van der Waals surface area contributed by atoms with Gasteiger partial charge in [-0.05, 0) is 24.3 Å². The van der Waals surface area contributed by atoms with Crippen molar-refractivity contribution in [3.63, 3.8) is 0 Å². The highest BCUT2D eigenvalue weighted by Gasteiger charge is 2.16. The number of fused-ring (bicyclic) bond motifs is 1. The van der Waals surface area contributed by atoms with Gasteiger partial charge in [0.25, 0.3) is 11.8 Å². The molecule has 0 unspecified atom stereocenters. The van der Waals surface area contributed by atoms with E-state index >= 15 is 0 Å². The van der Waals surface area contributed by atoms with Crippen LogP contribution >= 0.6 is 0 Å². The van der Waals surface area contributed by atoms with Crippen LogP contribution in [0.1, 0.15) is 21.0 Å². The summed E-state index contributed by atoms with van der Waals surface area (Å²) in [5.74, 6) is -1.90. The average Bonchev–Trinajstić information content (AvgIpc) is 3.18. The maximum absolute atomic E-state index is 12.0. The summed E-state index contributed by atoms with van der Waals surface area (Å²) in [6.45, 7) is -0.537. The molecule has 3 aromatic rings. The van der Waals surface area contributed by atoms with Gasteiger partial charge in [0.15, 0.2) is 6.61 Å².